The van der Waals surface area contributed by atoms with Crippen LogP contribution < -0.4 is 10.6 Å². The molecule has 0 fully saturated rings. The van der Waals surface area contributed by atoms with Crippen LogP contribution in [0, 0.1) is 11.3 Å². The van der Waals surface area contributed by atoms with E-state index in [-0.39, 0.29) is 5.91 Å². The molecule has 34 heavy (non-hydrogen) atoms. The van der Waals surface area contributed by atoms with Crippen molar-refractivity contribution in [2.24, 2.45) is 7.05 Å². The molecule has 7 nitrogen and oxygen atoms in total. The number of halogens is 1. The average Bonchev–Trinajstić information content (AvgIpc) is 3.29. The quantitative estimate of drug-likeness (QED) is 0.508. The third-order valence-electron chi connectivity index (χ3n) is 5.60. The molecule has 2 aromatic heterocycles. The molecule has 172 valence electrons. The molecule has 8 heteroatoms. The number of benzene rings is 1. The van der Waals surface area contributed by atoms with Crippen LogP contribution in [0.3, 0.4) is 0 Å². The summed E-state index contributed by atoms with van der Waals surface area (Å²) in [6, 6.07) is 12.6. The van der Waals surface area contributed by atoms with Crippen LogP contribution in [0.1, 0.15) is 24.0 Å². The Bertz CT molecular complexity index is 1250. The fourth-order valence-corrected chi connectivity index (χ4v) is 4.07. The Labute approximate surface area is 203 Å². The summed E-state index contributed by atoms with van der Waals surface area (Å²) in [7, 11) is 1.86. The SMILES string of the molecule is Cn1cc(-c2ccc(NC(=O)C(NCCc3ccc(C#N)cc3)C3=CCCC=C3Cl)nc2)cn1. The van der Waals surface area contributed by atoms with Gasteiger partial charge in [-0.15, -0.1) is 0 Å². The number of nitriles is 1. The highest BCUT2D eigenvalue weighted by atomic mass is 35.5. The minimum Gasteiger partial charge on any atom is -0.309 e. The van der Waals surface area contributed by atoms with E-state index in [4.69, 9.17) is 16.9 Å². The van der Waals surface area contributed by atoms with Gasteiger partial charge in [-0.05, 0) is 54.7 Å². The Morgan fingerprint density at radius 3 is 2.59 bits per heavy atom. The fraction of sp³-hybridized carbons (Fsp3) is 0.231. The summed E-state index contributed by atoms with van der Waals surface area (Å²) in [6.07, 6.45) is 11.8. The Hall–Kier alpha value is -3.73. The molecule has 1 aromatic carbocycles. The predicted molar refractivity (Wildman–Crippen MR) is 133 cm³/mol. The van der Waals surface area contributed by atoms with Crippen molar-refractivity contribution in [1.82, 2.24) is 20.1 Å². The van der Waals surface area contributed by atoms with Gasteiger partial charge in [0.05, 0.1) is 17.8 Å². The summed E-state index contributed by atoms with van der Waals surface area (Å²) in [5.41, 5.74) is 4.36. The van der Waals surface area contributed by atoms with Crippen LogP contribution in [-0.4, -0.2) is 33.3 Å². The molecule has 1 aliphatic rings. The number of nitrogens with zero attached hydrogens (tertiary/aromatic N) is 4. The molecule has 4 rings (SSSR count). The lowest BCUT2D eigenvalue weighted by Crippen LogP contribution is -2.43. The number of hydrogen-bond donors (Lipinski definition) is 2. The first kappa shape index (κ1) is 23.4. The van der Waals surface area contributed by atoms with Gasteiger partial charge in [0.2, 0.25) is 5.91 Å². The van der Waals surface area contributed by atoms with Crippen molar-refractivity contribution in [1.29, 1.82) is 5.26 Å². The number of carbonyl (C=O) groups is 1. The van der Waals surface area contributed by atoms with Gasteiger partial charge in [0.25, 0.3) is 0 Å². The topological polar surface area (TPSA) is 95.6 Å². The molecule has 0 spiro atoms. The predicted octanol–water partition coefficient (Wildman–Crippen LogP) is 4.34. The minimum atomic E-state index is -0.609. The third-order valence-corrected chi connectivity index (χ3v) is 5.97. The maximum Gasteiger partial charge on any atom is 0.247 e. The molecule has 2 heterocycles. The zero-order valence-corrected chi connectivity index (χ0v) is 19.6. The van der Waals surface area contributed by atoms with E-state index in [0.29, 0.717) is 29.4 Å². The van der Waals surface area contributed by atoms with E-state index in [2.05, 4.69) is 26.8 Å². The van der Waals surface area contributed by atoms with E-state index in [1.165, 1.54) is 0 Å². The molecule has 0 saturated heterocycles. The number of nitrogens with one attached hydrogen (secondary N) is 2. The Balaban J connectivity index is 1.44. The van der Waals surface area contributed by atoms with Gasteiger partial charge in [-0.3, -0.25) is 9.48 Å². The molecule has 0 saturated carbocycles. The molecule has 1 atom stereocenters. The van der Waals surface area contributed by atoms with Gasteiger partial charge in [-0.25, -0.2) is 4.98 Å². The van der Waals surface area contributed by atoms with E-state index in [1.54, 1.807) is 35.3 Å². The minimum absolute atomic E-state index is 0.221. The van der Waals surface area contributed by atoms with Crippen LogP contribution in [0.25, 0.3) is 11.1 Å². The lowest BCUT2D eigenvalue weighted by molar-refractivity contribution is -0.117. The molecule has 0 radical (unpaired) electrons. The van der Waals surface area contributed by atoms with Crippen molar-refractivity contribution in [3.05, 3.63) is 88.9 Å². The van der Waals surface area contributed by atoms with E-state index < -0.39 is 6.04 Å². The van der Waals surface area contributed by atoms with E-state index in [0.717, 1.165) is 35.1 Å². The molecule has 1 amide bonds. The number of aryl methyl sites for hydroxylation is 1. The fourth-order valence-electron chi connectivity index (χ4n) is 3.78. The van der Waals surface area contributed by atoms with E-state index in [9.17, 15) is 4.79 Å². The van der Waals surface area contributed by atoms with Crippen molar-refractivity contribution in [2.75, 3.05) is 11.9 Å². The average molecular weight is 473 g/mol. The molecule has 1 unspecified atom stereocenters. The van der Waals surface area contributed by atoms with Gasteiger partial charge < -0.3 is 10.6 Å². The number of amides is 1. The largest absolute Gasteiger partial charge is 0.309 e. The standard InChI is InChI=1S/C26H25ClN6O/c1-33-17-21(16-31-33)20-10-11-24(30-15-20)32-26(34)25(22-4-2-3-5-23(22)27)29-13-12-18-6-8-19(14-28)9-7-18/h4-11,15-17,25,29H,2-3,12-13H2,1H3,(H,30,32,34). The number of aromatic nitrogens is 3. The van der Waals surface area contributed by atoms with Gasteiger partial charge in [-0.2, -0.15) is 10.4 Å². The smallest absolute Gasteiger partial charge is 0.247 e. The molecule has 0 aliphatic heterocycles. The molecular weight excluding hydrogens is 448 g/mol. The first-order chi connectivity index (χ1) is 16.5. The van der Waals surface area contributed by atoms with E-state index >= 15 is 0 Å². The summed E-state index contributed by atoms with van der Waals surface area (Å²) in [5, 5.41) is 20.0. The second-order valence-electron chi connectivity index (χ2n) is 8.06. The zero-order chi connectivity index (χ0) is 23.9. The highest BCUT2D eigenvalue weighted by Gasteiger charge is 2.25. The monoisotopic (exact) mass is 472 g/mol. The zero-order valence-electron chi connectivity index (χ0n) is 18.8. The lowest BCUT2D eigenvalue weighted by Gasteiger charge is -2.23. The van der Waals surface area contributed by atoms with Gasteiger partial charge in [0.15, 0.2) is 0 Å². The number of anilines is 1. The van der Waals surface area contributed by atoms with Crippen LogP contribution in [0.15, 0.2) is 77.7 Å². The summed E-state index contributed by atoms with van der Waals surface area (Å²) in [6.45, 7) is 0.568. The number of carbonyl (C=O) groups excluding carboxylic acids is 1. The molecule has 1 aliphatic carbocycles. The summed E-state index contributed by atoms with van der Waals surface area (Å²) >= 11 is 6.46. The number of allylic oxidation sites excluding steroid dienone is 2. The first-order valence-corrected chi connectivity index (χ1v) is 11.5. The van der Waals surface area contributed by atoms with Crippen LogP contribution >= 0.6 is 11.6 Å². The molecular formula is C26H25ClN6O. The molecule has 2 N–H and O–H groups in total. The Morgan fingerprint density at radius 2 is 1.94 bits per heavy atom. The van der Waals surface area contributed by atoms with Crippen LogP contribution in [0.5, 0.6) is 0 Å². The van der Waals surface area contributed by atoms with Gasteiger partial charge in [0.1, 0.15) is 11.9 Å². The number of pyridine rings is 1. The number of hydrogen-bond acceptors (Lipinski definition) is 5. The van der Waals surface area contributed by atoms with Crippen molar-refractivity contribution in [3.63, 3.8) is 0 Å². The van der Waals surface area contributed by atoms with Crippen molar-refractivity contribution < 1.29 is 4.79 Å². The van der Waals surface area contributed by atoms with Crippen LogP contribution in [0.2, 0.25) is 0 Å². The normalized spacial score (nSPS) is 14.0. The highest BCUT2D eigenvalue weighted by molar-refractivity contribution is 6.32. The third kappa shape index (κ3) is 5.79. The van der Waals surface area contributed by atoms with Crippen LogP contribution in [-0.2, 0) is 18.3 Å². The maximum absolute atomic E-state index is 13.3. The van der Waals surface area contributed by atoms with E-state index in [1.807, 2.05) is 43.6 Å². The van der Waals surface area contributed by atoms with Crippen LogP contribution in [0.4, 0.5) is 5.82 Å². The molecule has 0 bridgehead atoms. The Kier molecular flexibility index (Phi) is 7.53. The molecule has 3 aromatic rings. The summed E-state index contributed by atoms with van der Waals surface area (Å²) in [5.74, 6) is 0.245. The maximum atomic E-state index is 13.3. The first-order valence-electron chi connectivity index (χ1n) is 11.1. The summed E-state index contributed by atoms with van der Waals surface area (Å²) in [4.78, 5) is 17.7. The van der Waals surface area contributed by atoms with Crippen molar-refractivity contribution in [2.45, 2.75) is 25.3 Å². The number of rotatable bonds is 8. The Morgan fingerprint density at radius 1 is 1.15 bits per heavy atom. The second-order valence-corrected chi connectivity index (χ2v) is 8.47. The van der Waals surface area contributed by atoms with Gasteiger partial charge >= 0.3 is 0 Å². The van der Waals surface area contributed by atoms with Crippen molar-refractivity contribution >= 4 is 23.3 Å². The van der Waals surface area contributed by atoms with Gasteiger partial charge in [-0.1, -0.05) is 35.9 Å². The highest BCUT2D eigenvalue weighted by Crippen LogP contribution is 2.26. The second kappa shape index (κ2) is 10.9. The lowest BCUT2D eigenvalue weighted by atomic mass is 9.98. The van der Waals surface area contributed by atoms with Crippen molar-refractivity contribution in [3.8, 4) is 17.2 Å². The van der Waals surface area contributed by atoms with Gasteiger partial charge in [0, 0.05) is 42.1 Å². The summed E-state index contributed by atoms with van der Waals surface area (Å²) < 4.78 is 1.73.